The first-order valence-corrected chi connectivity index (χ1v) is 6.77. The topological polar surface area (TPSA) is 46.3 Å². The Morgan fingerprint density at radius 1 is 1.15 bits per heavy atom. The van der Waals surface area contributed by atoms with Gasteiger partial charge in [-0.15, -0.1) is 0 Å². The molecule has 0 heterocycles. The number of nitrogen functional groups attached to an aromatic ring is 1. The molecule has 0 bridgehead atoms. The molecule has 104 valence electrons. The van der Waals surface area contributed by atoms with Gasteiger partial charge < -0.3 is 10.6 Å². The normalized spacial score (nSPS) is 10.3. The number of halogens is 2. The summed E-state index contributed by atoms with van der Waals surface area (Å²) in [6.07, 6.45) is 0. The average molecular weight is 309 g/mol. The lowest BCUT2D eigenvalue weighted by molar-refractivity contribution is 0.0785. The van der Waals surface area contributed by atoms with E-state index in [0.717, 1.165) is 5.56 Å². The zero-order valence-electron chi connectivity index (χ0n) is 10.9. The molecule has 0 saturated heterocycles. The fraction of sp³-hybridized carbons (Fsp3) is 0.133. The van der Waals surface area contributed by atoms with E-state index in [1.165, 1.54) is 0 Å². The number of amides is 1. The van der Waals surface area contributed by atoms with E-state index in [0.29, 0.717) is 27.8 Å². The quantitative estimate of drug-likeness (QED) is 0.875. The fourth-order valence-electron chi connectivity index (χ4n) is 1.94. The summed E-state index contributed by atoms with van der Waals surface area (Å²) in [5.74, 6) is -0.103. The molecule has 2 rings (SSSR count). The van der Waals surface area contributed by atoms with E-state index in [1.54, 1.807) is 54.4 Å². The molecule has 20 heavy (non-hydrogen) atoms. The predicted octanol–water partition coefficient (Wildman–Crippen LogP) is 3.85. The molecule has 0 atom stereocenters. The molecule has 1 amide bonds. The Bertz CT molecular complexity index is 623. The Labute approximate surface area is 127 Å². The van der Waals surface area contributed by atoms with E-state index in [-0.39, 0.29) is 5.91 Å². The molecule has 0 aliphatic heterocycles. The number of anilines is 1. The van der Waals surface area contributed by atoms with Crippen molar-refractivity contribution in [1.82, 2.24) is 4.90 Å². The SMILES string of the molecule is CN(Cc1cc(Cl)cc(Cl)c1)C(=O)c1cccc(N)c1. The highest BCUT2D eigenvalue weighted by molar-refractivity contribution is 6.34. The van der Waals surface area contributed by atoms with Crippen LogP contribution >= 0.6 is 23.2 Å². The van der Waals surface area contributed by atoms with Crippen LogP contribution in [0.3, 0.4) is 0 Å². The van der Waals surface area contributed by atoms with Crippen molar-refractivity contribution >= 4 is 34.8 Å². The first kappa shape index (κ1) is 14.7. The molecule has 0 saturated carbocycles. The second-order valence-electron chi connectivity index (χ2n) is 4.56. The number of nitrogens with zero attached hydrogens (tertiary/aromatic N) is 1. The van der Waals surface area contributed by atoms with Crippen LogP contribution in [0.2, 0.25) is 10.0 Å². The Morgan fingerprint density at radius 2 is 1.80 bits per heavy atom. The molecule has 3 nitrogen and oxygen atoms in total. The minimum atomic E-state index is -0.103. The molecule has 2 aromatic rings. The zero-order valence-corrected chi connectivity index (χ0v) is 12.4. The lowest BCUT2D eigenvalue weighted by Crippen LogP contribution is -2.26. The van der Waals surface area contributed by atoms with Gasteiger partial charge in [0.1, 0.15) is 0 Å². The molecule has 0 aromatic heterocycles. The summed E-state index contributed by atoms with van der Waals surface area (Å²) in [6.45, 7) is 0.425. The van der Waals surface area contributed by atoms with Gasteiger partial charge in [0.15, 0.2) is 0 Å². The van der Waals surface area contributed by atoms with E-state index in [2.05, 4.69) is 0 Å². The van der Waals surface area contributed by atoms with Gasteiger partial charge in [-0.2, -0.15) is 0 Å². The van der Waals surface area contributed by atoms with Crippen molar-refractivity contribution in [3.8, 4) is 0 Å². The van der Waals surface area contributed by atoms with Crippen molar-refractivity contribution in [2.45, 2.75) is 6.54 Å². The lowest BCUT2D eigenvalue weighted by Gasteiger charge is -2.18. The van der Waals surface area contributed by atoms with Crippen LogP contribution in [0.5, 0.6) is 0 Å². The standard InChI is InChI=1S/C15H14Cl2N2O/c1-19(9-10-5-12(16)8-13(17)6-10)15(20)11-3-2-4-14(18)7-11/h2-8H,9,18H2,1H3. The minimum absolute atomic E-state index is 0.103. The van der Waals surface area contributed by atoms with Crippen molar-refractivity contribution in [2.24, 2.45) is 0 Å². The first-order valence-electron chi connectivity index (χ1n) is 6.01. The highest BCUT2D eigenvalue weighted by Gasteiger charge is 2.12. The molecular formula is C15H14Cl2N2O. The van der Waals surface area contributed by atoms with Crippen LogP contribution in [-0.2, 0) is 6.54 Å². The Morgan fingerprint density at radius 3 is 2.40 bits per heavy atom. The van der Waals surface area contributed by atoms with Crippen LogP contribution in [-0.4, -0.2) is 17.9 Å². The first-order chi connectivity index (χ1) is 9.45. The van der Waals surface area contributed by atoms with Gasteiger partial charge in [-0.25, -0.2) is 0 Å². The van der Waals surface area contributed by atoms with Crippen molar-refractivity contribution in [3.63, 3.8) is 0 Å². The van der Waals surface area contributed by atoms with Crippen LogP contribution in [0.4, 0.5) is 5.69 Å². The van der Waals surface area contributed by atoms with Gasteiger partial charge in [-0.05, 0) is 42.0 Å². The third-order valence-electron chi connectivity index (χ3n) is 2.82. The molecule has 0 fully saturated rings. The summed E-state index contributed by atoms with van der Waals surface area (Å²) in [7, 11) is 1.72. The molecule has 2 aromatic carbocycles. The molecule has 0 aliphatic rings. The van der Waals surface area contributed by atoms with Gasteiger partial charge in [-0.1, -0.05) is 29.3 Å². The molecule has 2 N–H and O–H groups in total. The summed E-state index contributed by atoms with van der Waals surface area (Å²) in [4.78, 5) is 13.9. The van der Waals surface area contributed by atoms with Crippen molar-refractivity contribution in [1.29, 1.82) is 0 Å². The van der Waals surface area contributed by atoms with Gasteiger partial charge >= 0.3 is 0 Å². The van der Waals surface area contributed by atoms with Gasteiger partial charge in [0, 0.05) is 34.9 Å². The van der Waals surface area contributed by atoms with Crippen molar-refractivity contribution in [3.05, 3.63) is 63.6 Å². The average Bonchev–Trinajstić information content (AvgIpc) is 2.36. The molecule has 0 spiro atoms. The van der Waals surface area contributed by atoms with E-state index in [4.69, 9.17) is 28.9 Å². The summed E-state index contributed by atoms with van der Waals surface area (Å²) in [5.41, 5.74) is 7.68. The number of nitrogens with two attached hydrogens (primary N) is 1. The molecular weight excluding hydrogens is 295 g/mol. The highest BCUT2D eigenvalue weighted by Crippen LogP contribution is 2.20. The second kappa shape index (κ2) is 6.16. The third-order valence-corrected chi connectivity index (χ3v) is 3.26. The lowest BCUT2D eigenvalue weighted by atomic mass is 10.1. The van der Waals surface area contributed by atoms with E-state index < -0.39 is 0 Å². The summed E-state index contributed by atoms with van der Waals surface area (Å²) in [5, 5.41) is 1.11. The van der Waals surface area contributed by atoms with Crippen LogP contribution in [0.1, 0.15) is 15.9 Å². The van der Waals surface area contributed by atoms with Gasteiger partial charge in [0.2, 0.25) is 0 Å². The van der Waals surface area contributed by atoms with Crippen molar-refractivity contribution in [2.75, 3.05) is 12.8 Å². The van der Waals surface area contributed by atoms with Crippen LogP contribution in [0.25, 0.3) is 0 Å². The number of carbonyl (C=O) groups is 1. The van der Waals surface area contributed by atoms with Crippen LogP contribution in [0.15, 0.2) is 42.5 Å². The van der Waals surface area contributed by atoms with E-state index in [1.807, 2.05) is 0 Å². The smallest absolute Gasteiger partial charge is 0.253 e. The molecule has 0 aliphatic carbocycles. The minimum Gasteiger partial charge on any atom is -0.399 e. The fourth-order valence-corrected chi connectivity index (χ4v) is 2.51. The number of carbonyl (C=O) groups excluding carboxylic acids is 1. The second-order valence-corrected chi connectivity index (χ2v) is 5.44. The van der Waals surface area contributed by atoms with Crippen molar-refractivity contribution < 1.29 is 4.79 Å². The number of hydrogen-bond donors (Lipinski definition) is 1. The number of benzene rings is 2. The van der Waals surface area contributed by atoms with Gasteiger partial charge in [0.05, 0.1) is 0 Å². The third kappa shape index (κ3) is 3.65. The monoisotopic (exact) mass is 308 g/mol. The maximum atomic E-state index is 12.3. The van der Waals surface area contributed by atoms with Crippen LogP contribution < -0.4 is 5.73 Å². The summed E-state index contributed by atoms with van der Waals surface area (Å²) >= 11 is 11.9. The molecule has 5 heteroatoms. The maximum absolute atomic E-state index is 12.3. The number of hydrogen-bond acceptors (Lipinski definition) is 2. The number of rotatable bonds is 3. The van der Waals surface area contributed by atoms with E-state index in [9.17, 15) is 4.79 Å². The van der Waals surface area contributed by atoms with Crippen LogP contribution in [0, 0.1) is 0 Å². The maximum Gasteiger partial charge on any atom is 0.253 e. The molecule has 0 unspecified atom stereocenters. The predicted molar refractivity (Wildman–Crippen MR) is 83.1 cm³/mol. The van der Waals surface area contributed by atoms with Gasteiger partial charge in [0.25, 0.3) is 5.91 Å². The largest absolute Gasteiger partial charge is 0.399 e. The Hall–Kier alpha value is -1.71. The Balaban J connectivity index is 2.15. The molecule has 0 radical (unpaired) electrons. The summed E-state index contributed by atoms with van der Waals surface area (Å²) < 4.78 is 0. The highest BCUT2D eigenvalue weighted by atomic mass is 35.5. The van der Waals surface area contributed by atoms with E-state index >= 15 is 0 Å². The zero-order chi connectivity index (χ0) is 14.7. The Kier molecular flexibility index (Phi) is 4.53. The van der Waals surface area contributed by atoms with Gasteiger partial charge in [-0.3, -0.25) is 4.79 Å². The summed E-state index contributed by atoms with van der Waals surface area (Å²) in [6, 6.07) is 12.1.